The minimum Gasteiger partial charge on any atom is -0.504 e. The highest BCUT2D eigenvalue weighted by Crippen LogP contribution is 2.33. The molecule has 0 aliphatic carbocycles. The number of hydrogen-bond acceptors (Lipinski definition) is 6. The number of amides is 1. The van der Waals surface area contributed by atoms with E-state index in [1.54, 1.807) is 37.3 Å². The maximum absolute atomic E-state index is 11.3. The third kappa shape index (κ3) is 3.45. The molecule has 0 aliphatic rings. The molecule has 7 nitrogen and oxygen atoms in total. The Hall–Kier alpha value is -3.35. The number of nitrogens with zero attached hydrogens (tertiary/aromatic N) is 2. The molecule has 0 saturated carbocycles. The summed E-state index contributed by atoms with van der Waals surface area (Å²) < 4.78 is 5.12. The molecule has 1 amide bonds. The van der Waals surface area contributed by atoms with Crippen molar-refractivity contribution in [3.63, 3.8) is 0 Å². The highest BCUT2D eigenvalue weighted by Gasteiger charge is 2.11. The summed E-state index contributed by atoms with van der Waals surface area (Å²) in [4.78, 5) is 20.1. The highest BCUT2D eigenvalue weighted by atomic mass is 16.5. The van der Waals surface area contributed by atoms with Gasteiger partial charge >= 0.3 is 0 Å². The van der Waals surface area contributed by atoms with Crippen molar-refractivity contribution in [2.24, 2.45) is 5.73 Å². The fourth-order valence-electron chi connectivity index (χ4n) is 2.58. The van der Waals surface area contributed by atoms with Crippen LogP contribution in [0.2, 0.25) is 0 Å². The summed E-state index contributed by atoms with van der Waals surface area (Å²) in [7, 11) is 1.49. The summed E-state index contributed by atoms with van der Waals surface area (Å²) in [6, 6.07) is 10.3. The van der Waals surface area contributed by atoms with Gasteiger partial charge in [0.2, 0.25) is 5.91 Å². The van der Waals surface area contributed by atoms with E-state index in [0.717, 1.165) is 5.56 Å². The number of phenols is 1. The van der Waals surface area contributed by atoms with Gasteiger partial charge in [-0.3, -0.25) is 4.79 Å². The van der Waals surface area contributed by atoms with Gasteiger partial charge < -0.3 is 20.9 Å². The molecule has 3 rings (SSSR count). The SMILES string of the molecule is COc1cc2nc(C)nc(NCc3cccc(C(N)=O)c3)c2cc1O. The summed E-state index contributed by atoms with van der Waals surface area (Å²) >= 11 is 0. The van der Waals surface area contributed by atoms with Gasteiger partial charge in [0.25, 0.3) is 0 Å². The maximum atomic E-state index is 11.3. The van der Waals surface area contributed by atoms with Crippen LogP contribution in [-0.4, -0.2) is 28.1 Å². The predicted octanol–water partition coefficient (Wildman–Crippen LogP) is 2.36. The Balaban J connectivity index is 1.94. The van der Waals surface area contributed by atoms with Crippen LogP contribution < -0.4 is 15.8 Å². The monoisotopic (exact) mass is 338 g/mol. The Labute approximate surface area is 144 Å². The van der Waals surface area contributed by atoms with Gasteiger partial charge in [-0.2, -0.15) is 0 Å². The first-order valence-electron chi connectivity index (χ1n) is 7.66. The van der Waals surface area contributed by atoms with Gasteiger partial charge in [-0.15, -0.1) is 0 Å². The average molecular weight is 338 g/mol. The van der Waals surface area contributed by atoms with Crippen molar-refractivity contribution in [2.45, 2.75) is 13.5 Å². The minimum absolute atomic E-state index is 0.0150. The Kier molecular flexibility index (Phi) is 4.38. The lowest BCUT2D eigenvalue weighted by Crippen LogP contribution is -2.11. The lowest BCUT2D eigenvalue weighted by atomic mass is 10.1. The van der Waals surface area contributed by atoms with Crippen molar-refractivity contribution in [2.75, 3.05) is 12.4 Å². The van der Waals surface area contributed by atoms with Crippen molar-refractivity contribution in [1.82, 2.24) is 9.97 Å². The fourth-order valence-corrected chi connectivity index (χ4v) is 2.58. The fraction of sp³-hybridized carbons (Fsp3) is 0.167. The number of anilines is 1. The third-order valence-corrected chi connectivity index (χ3v) is 3.78. The van der Waals surface area contributed by atoms with E-state index in [4.69, 9.17) is 10.5 Å². The number of nitrogens with two attached hydrogens (primary N) is 1. The molecule has 128 valence electrons. The smallest absolute Gasteiger partial charge is 0.248 e. The molecular formula is C18H18N4O3. The topological polar surface area (TPSA) is 110 Å². The van der Waals surface area contributed by atoms with Crippen molar-refractivity contribution in [1.29, 1.82) is 0 Å². The number of primary amides is 1. The number of nitrogens with one attached hydrogen (secondary N) is 1. The molecule has 0 fully saturated rings. The van der Waals surface area contributed by atoms with E-state index >= 15 is 0 Å². The van der Waals surface area contributed by atoms with E-state index < -0.39 is 5.91 Å². The molecule has 0 atom stereocenters. The number of hydrogen-bond donors (Lipinski definition) is 3. The van der Waals surface area contributed by atoms with E-state index in [0.29, 0.717) is 40.4 Å². The zero-order valence-corrected chi connectivity index (χ0v) is 13.9. The van der Waals surface area contributed by atoms with Gasteiger partial charge in [0, 0.05) is 23.6 Å². The molecule has 0 aliphatic heterocycles. The van der Waals surface area contributed by atoms with E-state index in [9.17, 15) is 9.90 Å². The number of carbonyl (C=O) groups is 1. The molecule has 4 N–H and O–H groups in total. The van der Waals surface area contributed by atoms with Crippen LogP contribution in [0.3, 0.4) is 0 Å². The van der Waals surface area contributed by atoms with Crippen molar-refractivity contribution in [3.05, 3.63) is 53.3 Å². The number of aromatic nitrogens is 2. The van der Waals surface area contributed by atoms with Crippen LogP contribution in [-0.2, 0) is 6.54 Å². The van der Waals surface area contributed by atoms with Crippen LogP contribution >= 0.6 is 0 Å². The van der Waals surface area contributed by atoms with Gasteiger partial charge in [0.15, 0.2) is 11.5 Å². The van der Waals surface area contributed by atoms with E-state index in [-0.39, 0.29) is 5.75 Å². The zero-order valence-electron chi connectivity index (χ0n) is 13.9. The summed E-state index contributed by atoms with van der Waals surface area (Å²) in [5.74, 6) is 1.08. The summed E-state index contributed by atoms with van der Waals surface area (Å²) in [6.07, 6.45) is 0. The van der Waals surface area contributed by atoms with Gasteiger partial charge in [-0.1, -0.05) is 12.1 Å². The van der Waals surface area contributed by atoms with Crippen LogP contribution in [0.25, 0.3) is 10.9 Å². The third-order valence-electron chi connectivity index (χ3n) is 3.78. The second kappa shape index (κ2) is 6.64. The standard InChI is InChI=1S/C18H18N4O3/c1-10-21-14-8-16(25-2)15(23)7-13(14)18(22-10)20-9-11-4-3-5-12(6-11)17(19)24/h3-8,23H,9H2,1-2H3,(H2,19,24)(H,20,21,22). The van der Waals surface area contributed by atoms with Crippen LogP contribution in [0.15, 0.2) is 36.4 Å². The highest BCUT2D eigenvalue weighted by molar-refractivity contribution is 5.93. The first kappa shape index (κ1) is 16.5. The van der Waals surface area contributed by atoms with Crippen LogP contribution in [0.4, 0.5) is 5.82 Å². The zero-order chi connectivity index (χ0) is 18.0. The summed E-state index contributed by atoms with van der Waals surface area (Å²) in [6.45, 7) is 2.23. The second-order valence-electron chi connectivity index (χ2n) is 5.58. The van der Waals surface area contributed by atoms with Crippen molar-refractivity contribution >= 4 is 22.6 Å². The normalized spacial score (nSPS) is 10.6. The number of rotatable bonds is 5. The number of phenolic OH excluding ortho intramolecular Hbond substituents is 1. The largest absolute Gasteiger partial charge is 0.504 e. The quantitative estimate of drug-likeness (QED) is 0.659. The Morgan fingerprint density at radius 3 is 2.80 bits per heavy atom. The van der Waals surface area contributed by atoms with Crippen LogP contribution in [0.5, 0.6) is 11.5 Å². The molecule has 0 spiro atoms. The molecule has 7 heteroatoms. The van der Waals surface area contributed by atoms with Gasteiger partial charge in [-0.25, -0.2) is 9.97 Å². The molecule has 0 unspecified atom stereocenters. The predicted molar refractivity (Wildman–Crippen MR) is 94.8 cm³/mol. The van der Waals surface area contributed by atoms with Crippen LogP contribution in [0.1, 0.15) is 21.7 Å². The lowest BCUT2D eigenvalue weighted by Gasteiger charge is -2.12. The van der Waals surface area contributed by atoms with Gasteiger partial charge in [0.05, 0.1) is 12.6 Å². The van der Waals surface area contributed by atoms with E-state index in [1.807, 2.05) is 6.07 Å². The number of aryl methyl sites for hydroxylation is 1. The number of benzene rings is 2. The number of carbonyl (C=O) groups excluding carboxylic acids is 1. The average Bonchev–Trinajstić information content (AvgIpc) is 2.59. The first-order chi connectivity index (χ1) is 12.0. The molecule has 0 radical (unpaired) electrons. The molecule has 25 heavy (non-hydrogen) atoms. The Morgan fingerprint density at radius 1 is 1.28 bits per heavy atom. The number of methoxy groups -OCH3 is 1. The molecule has 1 heterocycles. The van der Waals surface area contributed by atoms with Gasteiger partial charge in [0.1, 0.15) is 11.6 Å². The summed E-state index contributed by atoms with van der Waals surface area (Å²) in [5.41, 5.74) is 7.31. The van der Waals surface area contributed by atoms with Crippen LogP contribution in [0, 0.1) is 6.92 Å². The lowest BCUT2D eigenvalue weighted by molar-refractivity contribution is 0.1000. The van der Waals surface area contributed by atoms with Gasteiger partial charge in [-0.05, 0) is 30.7 Å². The minimum atomic E-state index is -0.470. The molecule has 3 aromatic rings. The maximum Gasteiger partial charge on any atom is 0.248 e. The number of aromatic hydroxyl groups is 1. The van der Waals surface area contributed by atoms with Crippen molar-refractivity contribution in [3.8, 4) is 11.5 Å². The van der Waals surface area contributed by atoms with E-state index in [2.05, 4.69) is 15.3 Å². The number of ether oxygens (including phenoxy) is 1. The summed E-state index contributed by atoms with van der Waals surface area (Å²) in [5, 5.41) is 13.9. The molecular weight excluding hydrogens is 320 g/mol. The Morgan fingerprint density at radius 2 is 2.08 bits per heavy atom. The molecule has 1 aromatic heterocycles. The second-order valence-corrected chi connectivity index (χ2v) is 5.58. The molecule has 2 aromatic carbocycles. The number of fused-ring (bicyclic) bond motifs is 1. The van der Waals surface area contributed by atoms with Crippen molar-refractivity contribution < 1.29 is 14.6 Å². The molecule has 0 bridgehead atoms. The van der Waals surface area contributed by atoms with E-state index in [1.165, 1.54) is 7.11 Å². The molecule has 0 saturated heterocycles. The first-order valence-corrected chi connectivity index (χ1v) is 7.66. The Bertz CT molecular complexity index is 956.